The monoisotopic (exact) mass is 352 g/mol. The van der Waals surface area contributed by atoms with Crippen LogP contribution in [0, 0.1) is 17.8 Å². The lowest BCUT2D eigenvalue weighted by Crippen LogP contribution is -2.28. The number of rotatable bonds is 6. The molecule has 3 heteroatoms. The first-order valence-electron chi connectivity index (χ1n) is 9.69. The van der Waals surface area contributed by atoms with E-state index in [0.29, 0.717) is 12.0 Å². The van der Waals surface area contributed by atoms with Gasteiger partial charge in [0.05, 0.1) is 12.3 Å². The average molecular weight is 352 g/mol. The Kier molecular flexibility index (Phi) is 6.04. The van der Waals surface area contributed by atoms with Crippen LogP contribution in [0.4, 0.5) is 0 Å². The van der Waals surface area contributed by atoms with Crippen molar-refractivity contribution in [1.82, 2.24) is 0 Å². The van der Waals surface area contributed by atoms with E-state index in [2.05, 4.69) is 12.0 Å². The van der Waals surface area contributed by atoms with Gasteiger partial charge in [-0.05, 0) is 60.8 Å². The number of benzene rings is 1. The predicted octanol–water partition coefficient (Wildman–Crippen LogP) is 5.32. The number of ether oxygens (including phenoxy) is 1. The maximum atomic E-state index is 10.9. The van der Waals surface area contributed by atoms with Crippen LogP contribution in [0.1, 0.15) is 69.3 Å². The first kappa shape index (κ1) is 18.6. The van der Waals surface area contributed by atoms with Crippen molar-refractivity contribution < 1.29 is 14.6 Å². The van der Waals surface area contributed by atoms with Gasteiger partial charge in [-0.1, -0.05) is 43.4 Å². The van der Waals surface area contributed by atoms with Gasteiger partial charge in [0.25, 0.3) is 0 Å². The minimum absolute atomic E-state index is 0.0499. The molecule has 0 bridgehead atoms. The zero-order valence-corrected chi connectivity index (χ0v) is 15.4. The number of hydrogen-bond donors (Lipinski definition) is 1. The molecule has 0 amide bonds. The van der Waals surface area contributed by atoms with Crippen molar-refractivity contribution >= 4 is 5.97 Å². The third-order valence-electron chi connectivity index (χ3n) is 5.91. The quantitative estimate of drug-likeness (QED) is 0.557. The van der Waals surface area contributed by atoms with Crippen LogP contribution >= 0.6 is 0 Å². The second kappa shape index (κ2) is 8.45. The molecule has 1 fully saturated rings. The molecule has 1 aromatic carbocycles. The van der Waals surface area contributed by atoms with Crippen molar-refractivity contribution in [2.45, 2.75) is 63.7 Å². The van der Waals surface area contributed by atoms with Gasteiger partial charge in [-0.2, -0.15) is 0 Å². The summed E-state index contributed by atoms with van der Waals surface area (Å²) >= 11 is 0. The Morgan fingerprint density at radius 3 is 2.58 bits per heavy atom. The predicted molar refractivity (Wildman–Crippen MR) is 103 cm³/mol. The minimum atomic E-state index is -0.880. The summed E-state index contributed by atoms with van der Waals surface area (Å²) in [6, 6.07) is 7.53. The molecule has 1 N–H and O–H groups in total. The number of terminal acetylenes is 1. The minimum Gasteiger partial charge on any atom is -0.489 e. The molecular weight excluding hydrogens is 324 g/mol. The highest BCUT2D eigenvalue weighted by Crippen LogP contribution is 2.47. The molecule has 2 aliphatic carbocycles. The van der Waals surface area contributed by atoms with Crippen LogP contribution in [0.5, 0.6) is 5.75 Å². The number of carboxylic acids is 1. The van der Waals surface area contributed by atoms with Crippen LogP contribution in [0.3, 0.4) is 0 Å². The molecule has 1 unspecified atom stereocenters. The first-order chi connectivity index (χ1) is 12.6. The first-order valence-corrected chi connectivity index (χ1v) is 9.69. The van der Waals surface area contributed by atoms with Crippen molar-refractivity contribution in [3.05, 3.63) is 41.5 Å². The summed E-state index contributed by atoms with van der Waals surface area (Å²) in [5.41, 5.74) is 2.81. The zero-order valence-electron chi connectivity index (χ0n) is 15.4. The van der Waals surface area contributed by atoms with Crippen molar-refractivity contribution in [1.29, 1.82) is 0 Å². The Balaban J connectivity index is 1.55. The average Bonchev–Trinajstić information content (AvgIpc) is 2.65. The summed E-state index contributed by atoms with van der Waals surface area (Å²) in [6.07, 6.45) is 18.4. The Morgan fingerprint density at radius 2 is 1.92 bits per heavy atom. The molecule has 0 aromatic heterocycles. The van der Waals surface area contributed by atoms with Crippen molar-refractivity contribution in [2.75, 3.05) is 6.61 Å². The Hall–Kier alpha value is -2.21. The fourth-order valence-electron chi connectivity index (χ4n) is 4.48. The smallest absolute Gasteiger partial charge is 0.304 e. The molecular formula is C23H28O3. The molecule has 0 radical (unpaired) electrons. The summed E-state index contributed by atoms with van der Waals surface area (Å²) in [7, 11) is 0. The topological polar surface area (TPSA) is 46.5 Å². The van der Waals surface area contributed by atoms with Gasteiger partial charge in [-0.25, -0.2) is 0 Å². The number of allylic oxidation sites excluding steroid dienone is 1. The van der Waals surface area contributed by atoms with Gasteiger partial charge in [-0.15, -0.1) is 6.42 Å². The van der Waals surface area contributed by atoms with Gasteiger partial charge >= 0.3 is 5.97 Å². The fourth-order valence-corrected chi connectivity index (χ4v) is 4.48. The van der Waals surface area contributed by atoms with Crippen LogP contribution in [-0.4, -0.2) is 17.7 Å². The molecule has 2 aliphatic rings. The fraction of sp³-hybridized carbons (Fsp3) is 0.522. The summed E-state index contributed by atoms with van der Waals surface area (Å²) < 4.78 is 5.99. The molecule has 26 heavy (non-hydrogen) atoms. The molecule has 3 rings (SSSR count). The Morgan fingerprint density at radius 1 is 1.19 bits per heavy atom. The van der Waals surface area contributed by atoms with E-state index >= 15 is 0 Å². The van der Waals surface area contributed by atoms with Crippen LogP contribution < -0.4 is 4.74 Å². The van der Waals surface area contributed by atoms with Gasteiger partial charge in [0.2, 0.25) is 0 Å². The zero-order chi connectivity index (χ0) is 18.4. The van der Waals surface area contributed by atoms with Crippen LogP contribution in [0.15, 0.2) is 35.9 Å². The van der Waals surface area contributed by atoms with E-state index in [4.69, 9.17) is 16.3 Å². The van der Waals surface area contributed by atoms with Crippen LogP contribution in [0.2, 0.25) is 0 Å². The molecule has 1 aromatic rings. The van der Waals surface area contributed by atoms with E-state index in [9.17, 15) is 4.79 Å². The van der Waals surface area contributed by atoms with Crippen LogP contribution in [-0.2, 0) is 4.79 Å². The van der Waals surface area contributed by atoms with E-state index in [-0.39, 0.29) is 6.42 Å². The summed E-state index contributed by atoms with van der Waals surface area (Å²) in [5, 5.41) is 8.94. The molecule has 1 spiro atoms. The molecule has 138 valence electrons. The van der Waals surface area contributed by atoms with Crippen molar-refractivity contribution in [3.63, 3.8) is 0 Å². The van der Waals surface area contributed by atoms with Gasteiger partial charge in [-0.3, -0.25) is 4.79 Å². The van der Waals surface area contributed by atoms with E-state index in [1.54, 1.807) is 0 Å². The molecule has 3 nitrogen and oxygen atoms in total. The Labute approximate surface area is 156 Å². The number of carbonyl (C=O) groups is 1. The van der Waals surface area contributed by atoms with Gasteiger partial charge < -0.3 is 9.84 Å². The Bertz CT molecular complexity index is 687. The van der Waals surface area contributed by atoms with Gasteiger partial charge in [0.15, 0.2) is 0 Å². The lowest BCUT2D eigenvalue weighted by Gasteiger charge is -2.40. The third-order valence-corrected chi connectivity index (χ3v) is 5.91. The van der Waals surface area contributed by atoms with E-state index in [0.717, 1.165) is 11.3 Å². The maximum absolute atomic E-state index is 10.9. The van der Waals surface area contributed by atoms with Crippen molar-refractivity contribution in [2.24, 2.45) is 5.41 Å². The summed E-state index contributed by atoms with van der Waals surface area (Å²) in [5.74, 6) is 2.09. The SMILES string of the molecule is C#CC(CC(=O)O)c1ccc(OCC2=CCCC3(CCCCC3)C2)cc1. The highest BCUT2D eigenvalue weighted by atomic mass is 16.5. The molecule has 0 heterocycles. The van der Waals surface area contributed by atoms with Crippen molar-refractivity contribution in [3.8, 4) is 18.1 Å². The highest BCUT2D eigenvalue weighted by Gasteiger charge is 2.34. The standard InChI is InChI=1S/C23H28O3/c1-2-19(15-22(24)25)20-8-10-21(11-9-20)26-17-18-7-6-14-23(16-18)12-4-3-5-13-23/h1,7-11,19H,3-6,12-17H2,(H,24,25). The molecule has 0 saturated heterocycles. The van der Waals surface area contributed by atoms with E-state index in [1.807, 2.05) is 24.3 Å². The summed E-state index contributed by atoms with van der Waals surface area (Å²) in [4.78, 5) is 10.9. The van der Waals surface area contributed by atoms with Crippen LogP contribution in [0.25, 0.3) is 0 Å². The third kappa shape index (κ3) is 4.69. The largest absolute Gasteiger partial charge is 0.489 e. The normalized spacial score (nSPS) is 20.0. The number of hydrogen-bond acceptors (Lipinski definition) is 2. The molecule has 1 saturated carbocycles. The molecule has 0 aliphatic heterocycles. The number of aliphatic carboxylic acids is 1. The molecule has 1 atom stereocenters. The lowest BCUT2D eigenvalue weighted by atomic mass is 9.65. The lowest BCUT2D eigenvalue weighted by molar-refractivity contribution is -0.137. The van der Waals surface area contributed by atoms with Gasteiger partial charge in [0.1, 0.15) is 12.4 Å². The van der Waals surface area contributed by atoms with Gasteiger partial charge in [0, 0.05) is 0 Å². The maximum Gasteiger partial charge on any atom is 0.304 e. The second-order valence-corrected chi connectivity index (χ2v) is 7.81. The number of carboxylic acid groups (broad SMARTS) is 1. The van der Waals surface area contributed by atoms with E-state index in [1.165, 1.54) is 56.9 Å². The van der Waals surface area contributed by atoms with E-state index < -0.39 is 11.9 Å². The highest BCUT2D eigenvalue weighted by molar-refractivity contribution is 5.68. The second-order valence-electron chi connectivity index (χ2n) is 7.81. The summed E-state index contributed by atoms with van der Waals surface area (Å²) in [6.45, 7) is 0.648.